The van der Waals surface area contributed by atoms with Gasteiger partial charge < -0.3 is 14.9 Å². The molecule has 1 fully saturated rings. The highest BCUT2D eigenvalue weighted by Gasteiger charge is 2.32. The number of carbonyl (C=O) groups is 1. The second-order valence-electron chi connectivity index (χ2n) is 3.98. The predicted octanol–water partition coefficient (Wildman–Crippen LogP) is 1.36. The Kier molecular flexibility index (Phi) is 4.71. The summed E-state index contributed by atoms with van der Waals surface area (Å²) >= 11 is 0. The van der Waals surface area contributed by atoms with E-state index in [1.54, 1.807) is 0 Å². The van der Waals surface area contributed by atoms with Gasteiger partial charge in [0.05, 0.1) is 18.1 Å². The van der Waals surface area contributed by atoms with Crippen molar-refractivity contribution in [3.63, 3.8) is 0 Å². The smallest absolute Gasteiger partial charge is 0.309 e. The minimum absolute atomic E-state index is 0.493. The highest BCUT2D eigenvalue weighted by atomic mass is 16.5. The molecule has 4 nitrogen and oxygen atoms in total. The van der Waals surface area contributed by atoms with Crippen LogP contribution in [0.3, 0.4) is 0 Å². The van der Waals surface area contributed by atoms with E-state index in [4.69, 9.17) is 9.84 Å². The summed E-state index contributed by atoms with van der Waals surface area (Å²) in [7, 11) is 0. The number of hydrogen-bond acceptors (Lipinski definition) is 3. The SMILES string of the molecule is C=C[C@@H]1O[C@H](C=C)[C@H](C(=O)O)CCC[C@@H]1O. The first-order chi connectivity index (χ1) is 7.60. The zero-order valence-corrected chi connectivity index (χ0v) is 9.21. The number of aliphatic hydroxyl groups excluding tert-OH is 1. The van der Waals surface area contributed by atoms with Crippen LogP contribution in [-0.2, 0) is 9.53 Å². The molecule has 1 rings (SSSR count). The maximum atomic E-state index is 11.0. The molecule has 4 atom stereocenters. The summed E-state index contributed by atoms with van der Waals surface area (Å²) in [5.74, 6) is -1.48. The molecule has 0 saturated carbocycles. The Bertz CT molecular complexity index is 274. The van der Waals surface area contributed by atoms with E-state index in [9.17, 15) is 9.90 Å². The Morgan fingerprint density at radius 1 is 1.25 bits per heavy atom. The molecule has 0 bridgehead atoms. The molecule has 0 aromatic heterocycles. The van der Waals surface area contributed by atoms with Gasteiger partial charge in [-0.15, -0.1) is 13.2 Å². The molecule has 0 aromatic rings. The lowest BCUT2D eigenvalue weighted by molar-refractivity contribution is -0.150. The van der Waals surface area contributed by atoms with Crippen LogP contribution in [0.2, 0.25) is 0 Å². The summed E-state index contributed by atoms with van der Waals surface area (Å²) in [6.07, 6.45) is 2.96. The molecule has 90 valence electrons. The number of aliphatic carboxylic acids is 1. The molecule has 0 aliphatic carbocycles. The average Bonchev–Trinajstić information content (AvgIpc) is 2.24. The van der Waals surface area contributed by atoms with Gasteiger partial charge in [-0.2, -0.15) is 0 Å². The molecular weight excluding hydrogens is 208 g/mol. The van der Waals surface area contributed by atoms with E-state index >= 15 is 0 Å². The molecule has 0 spiro atoms. The molecule has 1 heterocycles. The van der Waals surface area contributed by atoms with Crippen molar-refractivity contribution < 1.29 is 19.7 Å². The third kappa shape index (κ3) is 2.93. The highest BCUT2D eigenvalue weighted by molar-refractivity contribution is 5.71. The number of hydrogen-bond donors (Lipinski definition) is 2. The largest absolute Gasteiger partial charge is 0.481 e. The predicted molar refractivity (Wildman–Crippen MR) is 60.0 cm³/mol. The van der Waals surface area contributed by atoms with Crippen molar-refractivity contribution in [1.29, 1.82) is 0 Å². The summed E-state index contributed by atoms with van der Waals surface area (Å²) in [5.41, 5.74) is 0. The van der Waals surface area contributed by atoms with E-state index in [-0.39, 0.29) is 0 Å². The van der Waals surface area contributed by atoms with Gasteiger partial charge in [0.15, 0.2) is 0 Å². The van der Waals surface area contributed by atoms with Crippen LogP contribution in [0.25, 0.3) is 0 Å². The first-order valence-corrected chi connectivity index (χ1v) is 5.41. The molecule has 0 unspecified atom stereocenters. The van der Waals surface area contributed by atoms with Gasteiger partial charge in [0.25, 0.3) is 0 Å². The minimum atomic E-state index is -0.885. The second kappa shape index (κ2) is 5.82. The molecule has 1 aliphatic rings. The quantitative estimate of drug-likeness (QED) is 0.713. The summed E-state index contributed by atoms with van der Waals surface area (Å²) in [6, 6.07) is 0. The number of ether oxygens (including phenoxy) is 1. The van der Waals surface area contributed by atoms with E-state index in [2.05, 4.69) is 13.2 Å². The molecule has 16 heavy (non-hydrogen) atoms. The number of rotatable bonds is 3. The van der Waals surface area contributed by atoms with Crippen molar-refractivity contribution in [2.45, 2.75) is 37.6 Å². The van der Waals surface area contributed by atoms with Gasteiger partial charge in [-0.3, -0.25) is 4.79 Å². The molecule has 0 amide bonds. The lowest BCUT2D eigenvalue weighted by atomic mass is 9.92. The van der Waals surface area contributed by atoms with Crippen LogP contribution < -0.4 is 0 Å². The second-order valence-corrected chi connectivity index (χ2v) is 3.98. The first-order valence-electron chi connectivity index (χ1n) is 5.41. The maximum absolute atomic E-state index is 11.0. The third-order valence-corrected chi connectivity index (χ3v) is 2.89. The first kappa shape index (κ1) is 12.9. The van der Waals surface area contributed by atoms with E-state index < -0.39 is 30.2 Å². The van der Waals surface area contributed by atoms with Crippen molar-refractivity contribution in [2.75, 3.05) is 0 Å². The zero-order chi connectivity index (χ0) is 12.1. The van der Waals surface area contributed by atoms with Crippen LogP contribution >= 0.6 is 0 Å². The van der Waals surface area contributed by atoms with Crippen LogP contribution in [0.5, 0.6) is 0 Å². The van der Waals surface area contributed by atoms with Crippen LogP contribution in [0.15, 0.2) is 25.3 Å². The number of carboxylic acid groups (broad SMARTS) is 1. The Morgan fingerprint density at radius 3 is 2.38 bits per heavy atom. The fourth-order valence-corrected chi connectivity index (χ4v) is 1.94. The van der Waals surface area contributed by atoms with Crippen LogP contribution in [0.4, 0.5) is 0 Å². The molecule has 4 heteroatoms. The van der Waals surface area contributed by atoms with Crippen molar-refractivity contribution in [1.82, 2.24) is 0 Å². The van der Waals surface area contributed by atoms with Crippen LogP contribution in [-0.4, -0.2) is 34.5 Å². The molecule has 0 aromatic carbocycles. The molecule has 1 saturated heterocycles. The van der Waals surface area contributed by atoms with Gasteiger partial charge in [0.2, 0.25) is 0 Å². The molecule has 0 radical (unpaired) electrons. The van der Waals surface area contributed by atoms with Gasteiger partial charge in [-0.25, -0.2) is 0 Å². The summed E-state index contributed by atoms with van der Waals surface area (Å²) in [5, 5.41) is 18.8. The average molecular weight is 226 g/mol. The standard InChI is InChI=1S/C12H18O4/c1-3-10-8(12(14)15)6-5-7-9(13)11(4-2)16-10/h3-4,8-11,13H,1-2,5-7H2,(H,14,15)/t8-,9+,10-,11+/m1/s1. The van der Waals surface area contributed by atoms with E-state index in [0.29, 0.717) is 19.3 Å². The number of carboxylic acids is 1. The molecule has 1 aliphatic heterocycles. The lowest BCUT2D eigenvalue weighted by Gasteiger charge is -2.31. The van der Waals surface area contributed by atoms with Crippen molar-refractivity contribution in [3.05, 3.63) is 25.3 Å². The summed E-state index contributed by atoms with van der Waals surface area (Å²) < 4.78 is 5.51. The number of aliphatic hydroxyl groups is 1. The Labute approximate surface area is 95.2 Å². The third-order valence-electron chi connectivity index (χ3n) is 2.89. The van der Waals surface area contributed by atoms with E-state index in [1.165, 1.54) is 12.2 Å². The van der Waals surface area contributed by atoms with Crippen LogP contribution in [0, 0.1) is 5.92 Å². The lowest BCUT2D eigenvalue weighted by Crippen LogP contribution is -2.39. The van der Waals surface area contributed by atoms with Gasteiger partial charge >= 0.3 is 5.97 Å². The maximum Gasteiger partial charge on any atom is 0.309 e. The topological polar surface area (TPSA) is 66.8 Å². The Morgan fingerprint density at radius 2 is 1.88 bits per heavy atom. The Balaban J connectivity index is 2.82. The van der Waals surface area contributed by atoms with Gasteiger partial charge in [-0.1, -0.05) is 12.2 Å². The summed E-state index contributed by atoms with van der Waals surface area (Å²) in [6.45, 7) is 7.16. The van der Waals surface area contributed by atoms with Crippen molar-refractivity contribution in [2.24, 2.45) is 5.92 Å². The summed E-state index contributed by atoms with van der Waals surface area (Å²) in [4.78, 5) is 11.0. The van der Waals surface area contributed by atoms with E-state index in [0.717, 1.165) is 0 Å². The molecular formula is C12H18O4. The van der Waals surface area contributed by atoms with Gasteiger partial charge in [0, 0.05) is 0 Å². The van der Waals surface area contributed by atoms with Gasteiger partial charge in [-0.05, 0) is 19.3 Å². The van der Waals surface area contributed by atoms with Crippen LogP contribution in [0.1, 0.15) is 19.3 Å². The fourth-order valence-electron chi connectivity index (χ4n) is 1.94. The monoisotopic (exact) mass is 226 g/mol. The van der Waals surface area contributed by atoms with Gasteiger partial charge in [0.1, 0.15) is 6.10 Å². The molecule has 2 N–H and O–H groups in total. The zero-order valence-electron chi connectivity index (χ0n) is 9.21. The minimum Gasteiger partial charge on any atom is -0.481 e. The highest BCUT2D eigenvalue weighted by Crippen LogP contribution is 2.25. The van der Waals surface area contributed by atoms with Crippen molar-refractivity contribution in [3.8, 4) is 0 Å². The van der Waals surface area contributed by atoms with E-state index in [1.807, 2.05) is 0 Å². The normalized spacial score (nSPS) is 35.8. The Hall–Kier alpha value is -1.13. The fraction of sp³-hybridized carbons (Fsp3) is 0.583. The van der Waals surface area contributed by atoms with Crippen molar-refractivity contribution >= 4 is 5.97 Å².